The van der Waals surface area contributed by atoms with Gasteiger partial charge in [-0.05, 0) is 30.7 Å². The Balaban J connectivity index is 1.84. The van der Waals surface area contributed by atoms with Gasteiger partial charge in [-0.2, -0.15) is 13.2 Å². The first-order chi connectivity index (χ1) is 13.6. The third-order valence-corrected chi connectivity index (χ3v) is 4.27. The number of primary amides is 1. The Labute approximate surface area is 163 Å². The minimum absolute atomic E-state index is 0.0415. The normalized spacial score (nSPS) is 19.7. The van der Waals surface area contributed by atoms with E-state index in [9.17, 15) is 22.8 Å². The molecule has 0 unspecified atom stereocenters. The highest BCUT2D eigenvalue weighted by Crippen LogP contribution is 2.35. The standard InChI is InChI=1S/C19H19F3N2O5/c1-10-7-27-8-13(29-10)9-28-12-4-2-11(3-5-12)14-6-15(17(23)25)18(26)24-16(14)19(20,21)22/h2-6,10,13H,7-9H2,1H3,(H2,23,25)(H,24,26)/t10-,13+/m0/s1. The van der Waals surface area contributed by atoms with Crippen LogP contribution in [0.4, 0.5) is 13.2 Å². The van der Waals surface area contributed by atoms with Gasteiger partial charge in [0.25, 0.3) is 11.5 Å². The number of halogens is 3. The van der Waals surface area contributed by atoms with Crippen molar-refractivity contribution >= 4 is 5.91 Å². The summed E-state index contributed by atoms with van der Waals surface area (Å²) in [6.45, 7) is 3.01. The number of amides is 1. The predicted molar refractivity (Wildman–Crippen MR) is 96.7 cm³/mol. The molecule has 29 heavy (non-hydrogen) atoms. The molecular formula is C19H19F3N2O5. The number of ether oxygens (including phenoxy) is 3. The van der Waals surface area contributed by atoms with E-state index in [-0.39, 0.29) is 29.9 Å². The van der Waals surface area contributed by atoms with Gasteiger partial charge in [0, 0.05) is 5.56 Å². The summed E-state index contributed by atoms with van der Waals surface area (Å²) in [5.41, 5.74) is 1.83. The molecule has 10 heteroatoms. The van der Waals surface area contributed by atoms with Gasteiger partial charge < -0.3 is 24.9 Å². The smallest absolute Gasteiger partial charge is 0.431 e. The summed E-state index contributed by atoms with van der Waals surface area (Å²) in [6.07, 6.45) is -5.11. The number of benzene rings is 1. The van der Waals surface area contributed by atoms with E-state index in [4.69, 9.17) is 19.9 Å². The van der Waals surface area contributed by atoms with E-state index in [2.05, 4.69) is 0 Å². The Kier molecular flexibility index (Phi) is 5.94. The average molecular weight is 412 g/mol. The number of carbonyl (C=O) groups is 1. The van der Waals surface area contributed by atoms with Gasteiger partial charge >= 0.3 is 6.18 Å². The largest absolute Gasteiger partial charge is 0.491 e. The van der Waals surface area contributed by atoms with Gasteiger partial charge in [-0.1, -0.05) is 12.1 Å². The Morgan fingerprint density at radius 3 is 2.55 bits per heavy atom. The Morgan fingerprint density at radius 1 is 1.28 bits per heavy atom. The lowest BCUT2D eigenvalue weighted by atomic mass is 10.0. The summed E-state index contributed by atoms with van der Waals surface area (Å²) in [7, 11) is 0. The molecule has 2 atom stereocenters. The quantitative estimate of drug-likeness (QED) is 0.785. The highest BCUT2D eigenvalue weighted by molar-refractivity contribution is 5.93. The molecule has 2 aromatic rings. The predicted octanol–water partition coefficient (Wildman–Crippen LogP) is 2.34. The van der Waals surface area contributed by atoms with E-state index in [1.54, 1.807) is 4.98 Å². The third kappa shape index (κ3) is 4.96. The second-order valence-corrected chi connectivity index (χ2v) is 6.60. The van der Waals surface area contributed by atoms with Crippen LogP contribution in [0.25, 0.3) is 11.1 Å². The fourth-order valence-electron chi connectivity index (χ4n) is 2.94. The Hall–Kier alpha value is -2.85. The molecular weight excluding hydrogens is 393 g/mol. The van der Waals surface area contributed by atoms with Crippen LogP contribution in [-0.4, -0.2) is 42.9 Å². The lowest BCUT2D eigenvalue weighted by Crippen LogP contribution is -2.38. The first-order valence-corrected chi connectivity index (χ1v) is 8.76. The molecule has 1 aromatic heterocycles. The van der Waals surface area contributed by atoms with Crippen molar-refractivity contribution < 1.29 is 32.2 Å². The zero-order chi connectivity index (χ0) is 21.2. The summed E-state index contributed by atoms with van der Waals surface area (Å²) < 4.78 is 56.7. The van der Waals surface area contributed by atoms with Gasteiger partial charge in [0.1, 0.15) is 29.7 Å². The maximum atomic E-state index is 13.3. The number of alkyl halides is 3. The van der Waals surface area contributed by atoms with Crippen LogP contribution in [0, 0.1) is 0 Å². The van der Waals surface area contributed by atoms with Crippen molar-refractivity contribution in [2.75, 3.05) is 19.8 Å². The van der Waals surface area contributed by atoms with Crippen molar-refractivity contribution in [1.82, 2.24) is 4.98 Å². The first kappa shape index (κ1) is 20.9. The molecule has 2 heterocycles. The summed E-state index contributed by atoms with van der Waals surface area (Å²) in [5, 5.41) is 0. The topological polar surface area (TPSA) is 104 Å². The SMILES string of the molecule is C[C@H]1COC[C@H](COc2ccc(-c3cc(C(N)=O)c(=O)[nH]c3C(F)(F)F)cc2)O1. The number of rotatable bonds is 5. The Bertz CT molecular complexity index is 940. The number of aromatic amines is 1. The number of nitrogens with two attached hydrogens (primary N) is 1. The second kappa shape index (κ2) is 8.26. The number of hydrogen-bond donors (Lipinski definition) is 2. The number of nitrogens with one attached hydrogen (secondary N) is 1. The molecule has 0 spiro atoms. The number of hydrogen-bond acceptors (Lipinski definition) is 5. The number of carbonyl (C=O) groups excluding carboxylic acids is 1. The van der Waals surface area contributed by atoms with E-state index in [1.807, 2.05) is 6.92 Å². The van der Waals surface area contributed by atoms with Gasteiger partial charge in [-0.25, -0.2) is 0 Å². The van der Waals surface area contributed by atoms with Crippen molar-refractivity contribution in [3.05, 3.63) is 51.9 Å². The minimum atomic E-state index is -4.82. The lowest BCUT2D eigenvalue weighted by Gasteiger charge is -2.27. The summed E-state index contributed by atoms with van der Waals surface area (Å²) >= 11 is 0. The zero-order valence-corrected chi connectivity index (χ0v) is 15.4. The molecule has 3 rings (SSSR count). The molecule has 156 valence electrons. The van der Waals surface area contributed by atoms with Gasteiger partial charge in [0.2, 0.25) is 0 Å². The van der Waals surface area contributed by atoms with E-state index >= 15 is 0 Å². The highest BCUT2D eigenvalue weighted by Gasteiger charge is 2.36. The third-order valence-electron chi connectivity index (χ3n) is 4.27. The van der Waals surface area contributed by atoms with E-state index in [0.717, 1.165) is 6.07 Å². The van der Waals surface area contributed by atoms with Crippen LogP contribution in [0.15, 0.2) is 35.1 Å². The van der Waals surface area contributed by atoms with Crippen molar-refractivity contribution in [2.24, 2.45) is 5.73 Å². The molecule has 0 radical (unpaired) electrons. The van der Waals surface area contributed by atoms with Crippen LogP contribution in [0.3, 0.4) is 0 Å². The van der Waals surface area contributed by atoms with Crippen molar-refractivity contribution in [1.29, 1.82) is 0 Å². The second-order valence-electron chi connectivity index (χ2n) is 6.60. The fraction of sp³-hybridized carbons (Fsp3) is 0.368. The Morgan fingerprint density at radius 2 is 1.97 bits per heavy atom. The van der Waals surface area contributed by atoms with Crippen molar-refractivity contribution in [3.8, 4) is 16.9 Å². The lowest BCUT2D eigenvalue weighted by molar-refractivity contribution is -0.140. The molecule has 1 aromatic carbocycles. The molecule has 1 aliphatic rings. The van der Waals surface area contributed by atoms with Crippen LogP contribution in [0.5, 0.6) is 5.75 Å². The maximum absolute atomic E-state index is 13.3. The molecule has 0 bridgehead atoms. The molecule has 1 fully saturated rings. The molecule has 1 amide bonds. The van der Waals surface area contributed by atoms with Crippen molar-refractivity contribution in [2.45, 2.75) is 25.3 Å². The van der Waals surface area contributed by atoms with E-state index in [1.165, 1.54) is 24.3 Å². The average Bonchev–Trinajstić information content (AvgIpc) is 2.66. The number of pyridine rings is 1. The maximum Gasteiger partial charge on any atom is 0.431 e. The van der Waals surface area contributed by atoms with Crippen LogP contribution in [0.2, 0.25) is 0 Å². The summed E-state index contributed by atoms with van der Waals surface area (Å²) in [6, 6.07) is 6.59. The minimum Gasteiger partial charge on any atom is -0.491 e. The number of aromatic nitrogens is 1. The first-order valence-electron chi connectivity index (χ1n) is 8.76. The fourth-order valence-corrected chi connectivity index (χ4v) is 2.94. The van der Waals surface area contributed by atoms with E-state index in [0.29, 0.717) is 19.0 Å². The molecule has 0 aliphatic carbocycles. The molecule has 7 nitrogen and oxygen atoms in total. The summed E-state index contributed by atoms with van der Waals surface area (Å²) in [4.78, 5) is 24.8. The van der Waals surface area contributed by atoms with Gasteiger partial charge in [0.05, 0.1) is 19.3 Å². The zero-order valence-electron chi connectivity index (χ0n) is 15.4. The molecule has 0 saturated carbocycles. The van der Waals surface area contributed by atoms with E-state index < -0.39 is 28.9 Å². The van der Waals surface area contributed by atoms with Crippen molar-refractivity contribution in [3.63, 3.8) is 0 Å². The van der Waals surface area contributed by atoms with Crippen LogP contribution >= 0.6 is 0 Å². The summed E-state index contributed by atoms with van der Waals surface area (Å²) in [5.74, 6) is -0.700. The van der Waals surface area contributed by atoms with Gasteiger partial charge in [0.15, 0.2) is 0 Å². The van der Waals surface area contributed by atoms with Gasteiger partial charge in [-0.3, -0.25) is 9.59 Å². The van der Waals surface area contributed by atoms with Gasteiger partial charge in [-0.15, -0.1) is 0 Å². The number of H-pyrrole nitrogens is 1. The van der Waals surface area contributed by atoms with Crippen LogP contribution < -0.4 is 16.0 Å². The monoisotopic (exact) mass is 412 g/mol. The molecule has 1 aliphatic heterocycles. The molecule has 3 N–H and O–H groups in total. The van der Waals surface area contributed by atoms with Crippen LogP contribution in [0.1, 0.15) is 23.0 Å². The molecule has 1 saturated heterocycles. The highest BCUT2D eigenvalue weighted by atomic mass is 19.4. The van der Waals surface area contributed by atoms with Crippen LogP contribution in [-0.2, 0) is 15.7 Å².